The number of fused-ring (bicyclic) bond motifs is 1. The maximum atomic E-state index is 12.5. The lowest BCUT2D eigenvalue weighted by Gasteiger charge is -2.08. The van der Waals surface area contributed by atoms with E-state index in [1.807, 2.05) is 24.3 Å². The lowest BCUT2D eigenvalue weighted by Crippen LogP contribution is -2.12. The van der Waals surface area contributed by atoms with Gasteiger partial charge >= 0.3 is 6.18 Å². The van der Waals surface area contributed by atoms with Gasteiger partial charge in [-0.25, -0.2) is 0 Å². The predicted molar refractivity (Wildman–Crippen MR) is 92.6 cm³/mol. The zero-order valence-corrected chi connectivity index (χ0v) is 13.6. The molecule has 1 amide bonds. The van der Waals surface area contributed by atoms with Crippen molar-refractivity contribution in [3.05, 3.63) is 65.9 Å². The smallest absolute Gasteiger partial charge is 0.359 e. The third-order valence-corrected chi connectivity index (χ3v) is 3.31. The Balaban J connectivity index is 0.00000100. The fourth-order valence-electron chi connectivity index (χ4n) is 2.18. The number of rotatable bonds is 2. The van der Waals surface area contributed by atoms with Crippen LogP contribution in [0.4, 0.5) is 18.9 Å². The Hall–Kier alpha value is -2.41. The van der Waals surface area contributed by atoms with Crippen LogP contribution in [0, 0.1) is 0 Å². The van der Waals surface area contributed by atoms with Gasteiger partial charge < -0.3 is 10.3 Å². The molecule has 126 valence electrons. The second-order valence-electron chi connectivity index (χ2n) is 4.78. The molecule has 1 heterocycles. The molecule has 24 heavy (non-hydrogen) atoms. The van der Waals surface area contributed by atoms with E-state index in [0.717, 1.165) is 35.2 Å². The molecule has 0 atom stereocenters. The zero-order chi connectivity index (χ0) is 17.7. The second-order valence-corrected chi connectivity index (χ2v) is 4.78. The topological polar surface area (TPSA) is 44.9 Å². The summed E-state index contributed by atoms with van der Waals surface area (Å²) in [5.41, 5.74) is 0.833. The Bertz CT molecular complexity index is 826. The van der Waals surface area contributed by atoms with Crippen LogP contribution in [0.5, 0.6) is 0 Å². The van der Waals surface area contributed by atoms with Crippen molar-refractivity contribution in [1.82, 2.24) is 4.98 Å². The number of halogens is 3. The summed E-state index contributed by atoms with van der Waals surface area (Å²) in [6.07, 6.45) is -1.07. The van der Waals surface area contributed by atoms with E-state index in [0.29, 0.717) is 5.69 Å². The van der Waals surface area contributed by atoms with E-state index in [2.05, 4.69) is 22.9 Å². The van der Waals surface area contributed by atoms with Crippen LogP contribution in [0.2, 0.25) is 0 Å². The minimum atomic E-state index is -4.41. The van der Waals surface area contributed by atoms with Crippen LogP contribution in [-0.4, -0.2) is 17.1 Å². The summed E-state index contributed by atoms with van der Waals surface area (Å²) in [6.45, 7) is 0. The van der Waals surface area contributed by atoms with Crippen molar-refractivity contribution in [3.63, 3.8) is 0 Å². The molecule has 2 N–H and O–H groups in total. The number of carbonyl (C=O) groups excluding carboxylic acids is 1. The number of carbonyl (C=O) groups is 1. The molecule has 0 aliphatic carbocycles. The van der Waals surface area contributed by atoms with Crippen molar-refractivity contribution in [2.75, 3.05) is 11.6 Å². The number of hydrogen-bond donors (Lipinski definition) is 3. The number of H-pyrrole nitrogens is 1. The number of para-hydroxylation sites is 1. The number of thiol groups is 1. The second kappa shape index (κ2) is 7.44. The van der Waals surface area contributed by atoms with Crippen molar-refractivity contribution in [1.29, 1.82) is 0 Å². The minimum absolute atomic E-state index is 0.165. The number of aromatic nitrogens is 1. The van der Waals surface area contributed by atoms with Crippen molar-refractivity contribution < 1.29 is 18.0 Å². The highest BCUT2D eigenvalue weighted by molar-refractivity contribution is 7.79. The lowest BCUT2D eigenvalue weighted by atomic mass is 10.1. The summed E-state index contributed by atoms with van der Waals surface area (Å²) in [5, 5.41) is 3.52. The molecule has 0 spiro atoms. The first-order valence-electron chi connectivity index (χ1n) is 6.94. The van der Waals surface area contributed by atoms with Gasteiger partial charge in [0.2, 0.25) is 0 Å². The van der Waals surface area contributed by atoms with Crippen LogP contribution in [0.1, 0.15) is 15.9 Å². The molecule has 3 aromatic rings. The summed E-state index contributed by atoms with van der Waals surface area (Å²) >= 11 is 3.53. The van der Waals surface area contributed by atoms with Gasteiger partial charge in [-0.3, -0.25) is 4.79 Å². The maximum absolute atomic E-state index is 12.5. The van der Waals surface area contributed by atoms with Crippen molar-refractivity contribution in [3.8, 4) is 0 Å². The first-order chi connectivity index (χ1) is 11.4. The lowest BCUT2D eigenvalue weighted by molar-refractivity contribution is -0.137. The Morgan fingerprint density at radius 1 is 1.04 bits per heavy atom. The number of hydrogen-bond acceptors (Lipinski definition) is 2. The fourth-order valence-corrected chi connectivity index (χ4v) is 2.18. The predicted octanol–water partition coefficient (Wildman–Crippen LogP) is 4.99. The molecule has 0 aliphatic heterocycles. The van der Waals surface area contributed by atoms with E-state index < -0.39 is 17.6 Å². The van der Waals surface area contributed by atoms with Gasteiger partial charge in [0, 0.05) is 22.7 Å². The Kier molecular flexibility index (Phi) is 5.56. The number of aromatic amines is 1. The van der Waals surface area contributed by atoms with Crippen molar-refractivity contribution >= 4 is 35.1 Å². The average Bonchev–Trinajstić information content (AvgIpc) is 2.99. The number of benzene rings is 2. The summed E-state index contributed by atoms with van der Waals surface area (Å²) in [5.74, 6) is -0.460. The molecule has 1 aromatic heterocycles. The molecule has 0 fully saturated rings. The van der Waals surface area contributed by atoms with Gasteiger partial charge in [0.05, 0.1) is 11.3 Å². The van der Waals surface area contributed by atoms with Crippen LogP contribution in [-0.2, 0) is 6.18 Å². The van der Waals surface area contributed by atoms with Gasteiger partial charge in [-0.1, -0.05) is 18.2 Å². The summed E-state index contributed by atoms with van der Waals surface area (Å²) in [7, 11) is 0. The van der Waals surface area contributed by atoms with E-state index in [-0.39, 0.29) is 5.56 Å². The molecule has 0 saturated heterocycles. The normalized spacial score (nSPS) is 10.9. The van der Waals surface area contributed by atoms with Gasteiger partial charge in [-0.2, -0.15) is 25.8 Å². The highest BCUT2D eigenvalue weighted by atomic mass is 32.1. The van der Waals surface area contributed by atoms with E-state index >= 15 is 0 Å². The Labute approximate surface area is 142 Å². The SMILES string of the molecule is CS.O=C(Nc1c[nH]c2ccccc12)c1ccc(C(F)(F)F)cc1. The van der Waals surface area contributed by atoms with Crippen LogP contribution < -0.4 is 5.32 Å². The van der Waals surface area contributed by atoms with Crippen LogP contribution in [0.3, 0.4) is 0 Å². The molecule has 3 rings (SSSR count). The van der Waals surface area contributed by atoms with Gasteiger partial charge in [-0.15, -0.1) is 0 Å². The first-order valence-corrected chi connectivity index (χ1v) is 7.84. The molecule has 0 unspecified atom stereocenters. The van der Waals surface area contributed by atoms with Crippen LogP contribution in [0.25, 0.3) is 10.9 Å². The highest BCUT2D eigenvalue weighted by Crippen LogP contribution is 2.29. The third kappa shape index (κ3) is 3.91. The van der Waals surface area contributed by atoms with Gasteiger partial charge in [0.1, 0.15) is 0 Å². The molecule has 7 heteroatoms. The summed E-state index contributed by atoms with van der Waals surface area (Å²) < 4.78 is 37.5. The number of nitrogens with one attached hydrogen (secondary N) is 2. The van der Waals surface area contributed by atoms with E-state index in [1.165, 1.54) is 0 Å². The third-order valence-electron chi connectivity index (χ3n) is 3.31. The summed E-state index contributed by atoms with van der Waals surface area (Å²) in [6, 6.07) is 11.5. The number of amides is 1. The molecule has 2 aromatic carbocycles. The van der Waals surface area contributed by atoms with Crippen LogP contribution >= 0.6 is 12.6 Å². The molecule has 3 nitrogen and oxygen atoms in total. The quantitative estimate of drug-likeness (QED) is 0.559. The molecule has 0 saturated carbocycles. The highest BCUT2D eigenvalue weighted by Gasteiger charge is 2.30. The number of anilines is 1. The largest absolute Gasteiger partial charge is 0.416 e. The van der Waals surface area contributed by atoms with Gasteiger partial charge in [-0.05, 0) is 36.6 Å². The molecule has 0 aliphatic rings. The van der Waals surface area contributed by atoms with E-state index in [4.69, 9.17) is 0 Å². The van der Waals surface area contributed by atoms with E-state index in [9.17, 15) is 18.0 Å². The monoisotopic (exact) mass is 352 g/mol. The van der Waals surface area contributed by atoms with Crippen molar-refractivity contribution in [2.24, 2.45) is 0 Å². The average molecular weight is 352 g/mol. The van der Waals surface area contributed by atoms with E-state index in [1.54, 1.807) is 12.5 Å². The summed E-state index contributed by atoms with van der Waals surface area (Å²) in [4.78, 5) is 15.1. The standard InChI is InChI=1S/C16H11F3N2O.CH4S/c17-16(18,19)11-7-5-10(6-8-11)15(22)21-14-9-20-13-4-2-1-3-12(13)14;1-2/h1-9,20H,(H,21,22);2H,1H3. The molecule has 0 radical (unpaired) electrons. The van der Waals surface area contributed by atoms with Crippen molar-refractivity contribution in [2.45, 2.75) is 6.18 Å². The molecular formula is C17H15F3N2OS. The molecular weight excluding hydrogens is 337 g/mol. The Morgan fingerprint density at radius 2 is 1.67 bits per heavy atom. The Morgan fingerprint density at radius 3 is 2.29 bits per heavy atom. The maximum Gasteiger partial charge on any atom is 0.416 e. The first kappa shape index (κ1) is 17.9. The molecule has 0 bridgehead atoms. The van der Waals surface area contributed by atoms with Gasteiger partial charge in [0.15, 0.2) is 0 Å². The minimum Gasteiger partial charge on any atom is -0.359 e. The van der Waals surface area contributed by atoms with Crippen LogP contribution in [0.15, 0.2) is 54.7 Å². The fraction of sp³-hybridized carbons (Fsp3) is 0.118. The number of alkyl halides is 3. The zero-order valence-electron chi connectivity index (χ0n) is 12.7. The van der Waals surface area contributed by atoms with Gasteiger partial charge in [0.25, 0.3) is 5.91 Å².